The summed E-state index contributed by atoms with van der Waals surface area (Å²) in [5, 5.41) is 4.47. The van der Waals surface area contributed by atoms with Crippen LogP contribution in [0.2, 0.25) is 0 Å². The number of aryl methyl sites for hydroxylation is 2. The molecular weight excluding hydrogens is 220 g/mol. The molecule has 1 rings (SSSR count). The second kappa shape index (κ2) is 5.22. The Morgan fingerprint density at radius 1 is 1.44 bits per heavy atom. The third-order valence-corrected chi connectivity index (χ3v) is 3.52. The molecule has 1 unspecified atom stereocenters. The first-order valence-corrected chi connectivity index (χ1v) is 6.51. The van der Waals surface area contributed by atoms with Crippen molar-refractivity contribution in [1.29, 1.82) is 0 Å². The van der Waals surface area contributed by atoms with Crippen LogP contribution in [0.25, 0.3) is 0 Å². The monoisotopic (exact) mass is 242 g/mol. The van der Waals surface area contributed by atoms with E-state index in [1.165, 1.54) is 5.69 Å². The van der Waals surface area contributed by atoms with Crippen molar-refractivity contribution in [1.82, 2.24) is 9.78 Å². The fourth-order valence-electron chi connectivity index (χ4n) is 1.88. The fourth-order valence-corrected chi connectivity index (χ4v) is 2.45. The van der Waals surface area contributed by atoms with Crippen LogP contribution in [-0.2, 0) is 13.0 Å². The van der Waals surface area contributed by atoms with Gasteiger partial charge in [0.2, 0.25) is 0 Å². The highest BCUT2D eigenvalue weighted by molar-refractivity contribution is 6.18. The Labute approximate surface area is 104 Å². The lowest BCUT2D eigenvalue weighted by atomic mass is 9.79. The first-order chi connectivity index (χ1) is 7.38. The average molecular weight is 243 g/mol. The van der Waals surface area contributed by atoms with Gasteiger partial charge >= 0.3 is 0 Å². The molecule has 0 aliphatic heterocycles. The molecule has 16 heavy (non-hydrogen) atoms. The molecule has 1 aromatic rings. The summed E-state index contributed by atoms with van der Waals surface area (Å²) in [6.45, 7) is 11.9. The summed E-state index contributed by atoms with van der Waals surface area (Å²) in [5.74, 6) is 1.20. The van der Waals surface area contributed by atoms with E-state index in [0.29, 0.717) is 11.8 Å². The minimum atomic E-state index is 0.249. The third-order valence-electron chi connectivity index (χ3n) is 3.15. The molecule has 0 radical (unpaired) electrons. The number of rotatable bonds is 4. The molecule has 0 saturated carbocycles. The Morgan fingerprint density at radius 3 is 2.50 bits per heavy atom. The Morgan fingerprint density at radius 2 is 2.06 bits per heavy atom. The molecule has 0 aromatic carbocycles. The van der Waals surface area contributed by atoms with Gasteiger partial charge in [-0.25, -0.2) is 0 Å². The van der Waals surface area contributed by atoms with E-state index in [2.05, 4.69) is 43.5 Å². The summed E-state index contributed by atoms with van der Waals surface area (Å²) in [5.41, 5.74) is 2.65. The summed E-state index contributed by atoms with van der Waals surface area (Å²) in [6, 6.07) is 2.18. The van der Waals surface area contributed by atoms with Crippen LogP contribution in [0.4, 0.5) is 0 Å². The van der Waals surface area contributed by atoms with Gasteiger partial charge in [0.05, 0.1) is 5.69 Å². The second-order valence-corrected chi connectivity index (χ2v) is 5.82. The molecule has 2 nitrogen and oxygen atoms in total. The molecule has 0 saturated heterocycles. The first-order valence-electron chi connectivity index (χ1n) is 5.97. The molecular formula is C13H23ClN2. The zero-order valence-corrected chi connectivity index (χ0v) is 11.8. The van der Waals surface area contributed by atoms with Gasteiger partial charge < -0.3 is 0 Å². The summed E-state index contributed by atoms with van der Waals surface area (Å²) >= 11 is 6.07. The van der Waals surface area contributed by atoms with Gasteiger partial charge in [-0.05, 0) is 37.7 Å². The maximum absolute atomic E-state index is 6.07. The summed E-state index contributed by atoms with van der Waals surface area (Å²) in [7, 11) is 0. The number of aromatic nitrogens is 2. The molecule has 1 heterocycles. The fraction of sp³-hybridized carbons (Fsp3) is 0.769. The lowest BCUT2D eigenvalue weighted by molar-refractivity contribution is 0.259. The Hall–Kier alpha value is -0.500. The van der Waals surface area contributed by atoms with E-state index in [1.54, 1.807) is 0 Å². The molecule has 1 aromatic heterocycles. The topological polar surface area (TPSA) is 17.8 Å². The quantitative estimate of drug-likeness (QED) is 0.737. The second-order valence-electron chi connectivity index (χ2n) is 5.51. The van der Waals surface area contributed by atoms with E-state index in [0.717, 1.165) is 18.7 Å². The molecule has 0 aliphatic rings. The first kappa shape index (κ1) is 13.6. The molecule has 92 valence electrons. The lowest BCUT2D eigenvalue weighted by Gasteiger charge is -2.29. The zero-order valence-electron chi connectivity index (χ0n) is 11.0. The Balaban J connectivity index is 2.85. The number of hydrogen-bond acceptors (Lipinski definition) is 1. The van der Waals surface area contributed by atoms with Crippen molar-refractivity contribution >= 4 is 11.6 Å². The van der Waals surface area contributed by atoms with Gasteiger partial charge in [0.1, 0.15) is 0 Å². The molecule has 1 atom stereocenters. The Bertz CT molecular complexity index is 336. The van der Waals surface area contributed by atoms with Gasteiger partial charge in [-0.2, -0.15) is 5.10 Å². The minimum Gasteiger partial charge on any atom is -0.270 e. The van der Waals surface area contributed by atoms with Gasteiger partial charge in [0.15, 0.2) is 0 Å². The maximum Gasteiger partial charge on any atom is 0.0596 e. The highest BCUT2D eigenvalue weighted by Crippen LogP contribution is 2.30. The van der Waals surface area contributed by atoms with Crippen LogP contribution in [0.5, 0.6) is 0 Å². The van der Waals surface area contributed by atoms with Crippen LogP contribution in [-0.4, -0.2) is 15.7 Å². The largest absolute Gasteiger partial charge is 0.270 e. The highest BCUT2D eigenvalue weighted by Gasteiger charge is 2.25. The van der Waals surface area contributed by atoms with E-state index < -0.39 is 0 Å². The van der Waals surface area contributed by atoms with Crippen molar-refractivity contribution in [2.75, 3.05) is 5.88 Å². The van der Waals surface area contributed by atoms with Crippen LogP contribution in [0, 0.1) is 18.3 Å². The average Bonchev–Trinajstić information content (AvgIpc) is 2.53. The molecule has 0 N–H and O–H groups in total. The van der Waals surface area contributed by atoms with Crippen LogP contribution in [0.1, 0.15) is 39.1 Å². The summed E-state index contributed by atoms with van der Waals surface area (Å²) in [6.07, 6.45) is 1.02. The van der Waals surface area contributed by atoms with Crippen LogP contribution < -0.4 is 0 Å². The van der Waals surface area contributed by atoms with E-state index in [1.807, 2.05) is 6.92 Å². The standard InChI is InChI=1S/C13H23ClN2/c1-6-16-12(7-10(2)15-16)8-11(9-14)13(3,4)5/h7,11H,6,8-9H2,1-5H3. The van der Waals surface area contributed by atoms with Crippen LogP contribution in [0.15, 0.2) is 6.07 Å². The number of halogens is 1. The van der Waals surface area contributed by atoms with Crippen LogP contribution >= 0.6 is 11.6 Å². The minimum absolute atomic E-state index is 0.249. The van der Waals surface area contributed by atoms with Gasteiger partial charge in [-0.3, -0.25) is 4.68 Å². The van der Waals surface area contributed by atoms with Gasteiger partial charge in [0.25, 0.3) is 0 Å². The van der Waals surface area contributed by atoms with Gasteiger partial charge in [-0.1, -0.05) is 20.8 Å². The molecule has 3 heteroatoms. The SMILES string of the molecule is CCn1nc(C)cc1CC(CCl)C(C)(C)C. The normalized spacial score (nSPS) is 14.1. The van der Waals surface area contributed by atoms with Crippen molar-refractivity contribution in [2.24, 2.45) is 11.3 Å². The third kappa shape index (κ3) is 3.24. The van der Waals surface area contributed by atoms with Crippen molar-refractivity contribution in [3.63, 3.8) is 0 Å². The van der Waals surface area contributed by atoms with E-state index in [4.69, 9.17) is 11.6 Å². The van der Waals surface area contributed by atoms with Crippen molar-refractivity contribution < 1.29 is 0 Å². The Kier molecular flexibility index (Phi) is 4.43. The molecule has 0 spiro atoms. The van der Waals surface area contributed by atoms with Crippen molar-refractivity contribution in [3.05, 3.63) is 17.5 Å². The summed E-state index contributed by atoms with van der Waals surface area (Å²) in [4.78, 5) is 0. The predicted octanol–water partition coefficient (Wildman–Crippen LogP) is 3.66. The van der Waals surface area contributed by atoms with E-state index >= 15 is 0 Å². The number of alkyl halides is 1. The smallest absolute Gasteiger partial charge is 0.0596 e. The van der Waals surface area contributed by atoms with E-state index in [-0.39, 0.29) is 5.41 Å². The molecule has 0 bridgehead atoms. The van der Waals surface area contributed by atoms with Gasteiger partial charge in [-0.15, -0.1) is 11.6 Å². The molecule has 0 fully saturated rings. The zero-order chi connectivity index (χ0) is 12.3. The van der Waals surface area contributed by atoms with E-state index in [9.17, 15) is 0 Å². The lowest BCUT2D eigenvalue weighted by Crippen LogP contribution is -2.25. The summed E-state index contributed by atoms with van der Waals surface area (Å²) < 4.78 is 2.08. The molecule has 0 amide bonds. The number of nitrogens with zero attached hydrogens (tertiary/aromatic N) is 2. The van der Waals surface area contributed by atoms with Crippen LogP contribution in [0.3, 0.4) is 0 Å². The van der Waals surface area contributed by atoms with Crippen molar-refractivity contribution in [3.8, 4) is 0 Å². The van der Waals surface area contributed by atoms with Gasteiger partial charge in [0, 0.05) is 18.1 Å². The molecule has 0 aliphatic carbocycles. The van der Waals surface area contributed by atoms with Crippen molar-refractivity contribution in [2.45, 2.75) is 47.6 Å². The highest BCUT2D eigenvalue weighted by atomic mass is 35.5. The number of hydrogen-bond donors (Lipinski definition) is 0. The predicted molar refractivity (Wildman–Crippen MR) is 70.0 cm³/mol. The maximum atomic E-state index is 6.07.